The lowest BCUT2D eigenvalue weighted by Gasteiger charge is -2.18. The summed E-state index contributed by atoms with van der Waals surface area (Å²) in [5.74, 6) is -2.20. The van der Waals surface area contributed by atoms with Crippen LogP contribution in [0.5, 0.6) is 0 Å². The highest BCUT2D eigenvalue weighted by Crippen LogP contribution is 2.25. The number of amides is 2. The van der Waals surface area contributed by atoms with Gasteiger partial charge in [0, 0.05) is 15.4 Å². The molecule has 0 heterocycles. The van der Waals surface area contributed by atoms with Crippen LogP contribution in [0.15, 0.2) is 18.2 Å². The quantitative estimate of drug-likeness (QED) is 0.266. The Hall–Kier alpha value is -2.93. The molecule has 134 valence electrons. The minimum atomic E-state index is -0.896. The lowest BCUT2D eigenvalue weighted by Crippen LogP contribution is -2.52. The predicted molar refractivity (Wildman–Crippen MR) is 91.7 cm³/mol. The molecule has 3 atom stereocenters. The van der Waals surface area contributed by atoms with E-state index in [9.17, 15) is 18.9 Å². The summed E-state index contributed by atoms with van der Waals surface area (Å²) in [7, 11) is 0. The number of benzene rings is 1. The summed E-state index contributed by atoms with van der Waals surface area (Å²) in [6.45, 7) is 3.58. The van der Waals surface area contributed by atoms with Gasteiger partial charge in [0.1, 0.15) is 5.82 Å². The molecule has 1 aromatic rings. The van der Waals surface area contributed by atoms with E-state index in [-0.39, 0.29) is 29.6 Å². The van der Waals surface area contributed by atoms with E-state index in [0.717, 1.165) is 6.07 Å². The van der Waals surface area contributed by atoms with Crippen molar-refractivity contribution >= 4 is 23.5 Å². The molecule has 0 aliphatic heterocycles. The van der Waals surface area contributed by atoms with Crippen LogP contribution >= 0.6 is 0 Å². The molecule has 2 amide bonds. The van der Waals surface area contributed by atoms with Gasteiger partial charge in [-0.3, -0.25) is 20.6 Å². The van der Waals surface area contributed by atoms with Crippen molar-refractivity contribution in [1.82, 2.24) is 15.5 Å². The van der Waals surface area contributed by atoms with Crippen LogP contribution in [0.3, 0.4) is 0 Å². The largest absolute Gasteiger partial charge is 0.486 e. The van der Waals surface area contributed by atoms with Gasteiger partial charge in [0.25, 0.3) is 0 Å². The number of nitroso groups, excluding NO2 is 1. The Kier molecular flexibility index (Phi) is 5.71. The van der Waals surface area contributed by atoms with Crippen molar-refractivity contribution < 1.29 is 14.0 Å². The number of nitrogens with one attached hydrogen (secondary N) is 3. The molecule has 8 nitrogen and oxygen atoms in total. The van der Waals surface area contributed by atoms with Crippen molar-refractivity contribution in [3.63, 3.8) is 0 Å². The maximum Gasteiger partial charge on any atom is 0.486 e. The van der Waals surface area contributed by atoms with E-state index in [1.54, 1.807) is 6.92 Å². The fraction of sp³-hybridized carbons (Fsp3) is 0.438. The molecule has 1 saturated carbocycles. The van der Waals surface area contributed by atoms with Crippen molar-refractivity contribution in [2.45, 2.75) is 38.8 Å². The molecule has 1 aliphatic carbocycles. The third-order valence-electron chi connectivity index (χ3n) is 4.18. The van der Waals surface area contributed by atoms with E-state index in [1.807, 2.05) is 6.92 Å². The Morgan fingerprint density at radius 1 is 1.20 bits per heavy atom. The number of halogens is 1. The van der Waals surface area contributed by atoms with Gasteiger partial charge in [-0.05, 0) is 43.4 Å². The van der Waals surface area contributed by atoms with Gasteiger partial charge in [0.15, 0.2) is 0 Å². The lowest BCUT2D eigenvalue weighted by atomic mass is 10.1. The molecule has 0 aromatic heterocycles. The zero-order valence-electron chi connectivity index (χ0n) is 14.0. The molecule has 5 N–H and O–H groups in total. The molecule has 1 aliphatic rings. The number of anilines is 1. The summed E-state index contributed by atoms with van der Waals surface area (Å²) in [4.78, 5) is 37.1. The molecule has 1 fully saturated rings. The molecule has 1 aromatic carbocycles. The standard InChI is InChI=1S/C16H20FN5O3/c1-8-5-12(13(6-8)21-16(18)22-25)20-15(24)14(23)19-10-4-3-9(2)11(17)7-10/h3-4,7-8,12-13H,5-6H2,1-2H3,(H4,18,19,20,21,23,24)/p+1/t8?,12-,13-/m0/s1. The summed E-state index contributed by atoms with van der Waals surface area (Å²) in [5.41, 5.74) is 6.01. The Morgan fingerprint density at radius 2 is 1.84 bits per heavy atom. The SMILES string of the molecule is Cc1ccc(NC(=O)C(=O)N[C@H]2CC(C)C[C@@H]2NC(N)=[N+]=O)cc1F. The Balaban J connectivity index is 1.98. The van der Waals surface area contributed by atoms with Crippen LogP contribution in [0.1, 0.15) is 25.3 Å². The fourth-order valence-corrected chi connectivity index (χ4v) is 2.92. The highest BCUT2D eigenvalue weighted by Gasteiger charge is 2.37. The predicted octanol–water partition coefficient (Wildman–Crippen LogP) is 0.0938. The first-order valence-corrected chi connectivity index (χ1v) is 7.90. The van der Waals surface area contributed by atoms with E-state index < -0.39 is 17.6 Å². The number of hydrogen-bond acceptors (Lipinski definition) is 3. The van der Waals surface area contributed by atoms with Crippen molar-refractivity contribution in [2.24, 2.45) is 11.7 Å². The van der Waals surface area contributed by atoms with Crippen LogP contribution in [0, 0.1) is 23.6 Å². The highest BCUT2D eigenvalue weighted by atomic mass is 19.1. The van der Waals surface area contributed by atoms with Gasteiger partial charge in [0.05, 0.1) is 12.1 Å². The summed E-state index contributed by atoms with van der Waals surface area (Å²) in [5, 5.41) is 7.70. The molecule has 0 saturated heterocycles. The van der Waals surface area contributed by atoms with E-state index in [2.05, 4.69) is 20.8 Å². The highest BCUT2D eigenvalue weighted by molar-refractivity contribution is 6.39. The molecule has 0 bridgehead atoms. The monoisotopic (exact) mass is 350 g/mol. The Morgan fingerprint density at radius 3 is 2.44 bits per heavy atom. The van der Waals surface area contributed by atoms with Gasteiger partial charge in [-0.2, -0.15) is 0 Å². The van der Waals surface area contributed by atoms with Crippen LogP contribution in [-0.4, -0.2) is 29.9 Å². The number of carbonyl (C=O) groups is 2. The summed E-state index contributed by atoms with van der Waals surface area (Å²) < 4.78 is 13.5. The van der Waals surface area contributed by atoms with Crippen molar-refractivity contribution in [3.05, 3.63) is 34.5 Å². The maximum absolute atomic E-state index is 13.5. The van der Waals surface area contributed by atoms with Gasteiger partial charge in [-0.15, -0.1) is 0 Å². The van der Waals surface area contributed by atoms with E-state index in [4.69, 9.17) is 5.73 Å². The minimum Gasteiger partial charge on any atom is -0.342 e. The van der Waals surface area contributed by atoms with Crippen LogP contribution in [0.2, 0.25) is 0 Å². The third kappa shape index (κ3) is 4.77. The minimum absolute atomic E-state index is 0.195. The van der Waals surface area contributed by atoms with E-state index in [0.29, 0.717) is 18.4 Å². The maximum atomic E-state index is 13.5. The summed E-state index contributed by atoms with van der Waals surface area (Å²) in [6, 6.07) is 3.50. The molecule has 0 spiro atoms. The molecular weight excluding hydrogens is 329 g/mol. The molecule has 2 rings (SSSR count). The number of nitrogens with zero attached hydrogens (tertiary/aromatic N) is 1. The molecule has 9 heteroatoms. The average Bonchev–Trinajstić information content (AvgIpc) is 2.89. The smallest absolute Gasteiger partial charge is 0.342 e. The van der Waals surface area contributed by atoms with Gasteiger partial charge in [-0.1, -0.05) is 13.0 Å². The second-order valence-corrected chi connectivity index (χ2v) is 6.30. The van der Waals surface area contributed by atoms with Crippen molar-refractivity contribution in [2.75, 3.05) is 5.32 Å². The number of nitrogens with two attached hydrogens (primary N) is 1. The summed E-state index contributed by atoms with van der Waals surface area (Å²) >= 11 is 0. The molecule has 1 unspecified atom stereocenters. The first-order chi connectivity index (χ1) is 11.8. The first-order valence-electron chi connectivity index (χ1n) is 7.90. The normalized spacial score (nSPS) is 22.0. The van der Waals surface area contributed by atoms with Gasteiger partial charge in [0.2, 0.25) is 0 Å². The second kappa shape index (κ2) is 7.76. The van der Waals surface area contributed by atoms with Crippen LogP contribution in [0.4, 0.5) is 10.1 Å². The zero-order valence-corrected chi connectivity index (χ0v) is 14.0. The van der Waals surface area contributed by atoms with Gasteiger partial charge in [-0.25, -0.2) is 4.39 Å². The Labute approximate surface area is 144 Å². The van der Waals surface area contributed by atoms with Crippen LogP contribution < -0.4 is 26.5 Å². The van der Waals surface area contributed by atoms with Crippen molar-refractivity contribution in [3.8, 4) is 0 Å². The topological polar surface area (TPSA) is 127 Å². The first kappa shape index (κ1) is 18.4. The van der Waals surface area contributed by atoms with Gasteiger partial charge >= 0.3 is 17.8 Å². The molecule has 0 radical (unpaired) electrons. The number of rotatable bonds is 3. The third-order valence-corrected chi connectivity index (χ3v) is 4.18. The zero-order chi connectivity index (χ0) is 18.6. The number of carbonyl (C=O) groups excluding carboxylic acids is 2. The number of aryl methyl sites for hydroxylation is 1. The second-order valence-electron chi connectivity index (χ2n) is 6.30. The summed E-state index contributed by atoms with van der Waals surface area (Å²) in [6.07, 6.45) is 1.30. The van der Waals surface area contributed by atoms with E-state index >= 15 is 0 Å². The molecule has 25 heavy (non-hydrogen) atoms. The average molecular weight is 350 g/mol. The lowest BCUT2D eigenvalue weighted by molar-refractivity contribution is -0.136. The fourth-order valence-electron chi connectivity index (χ4n) is 2.92. The Bertz CT molecular complexity index is 732. The van der Waals surface area contributed by atoms with Crippen LogP contribution in [0.25, 0.3) is 0 Å². The van der Waals surface area contributed by atoms with Gasteiger partial charge < -0.3 is 10.6 Å². The van der Waals surface area contributed by atoms with Crippen molar-refractivity contribution in [1.29, 1.82) is 0 Å². The molecular formula is C16H21FN5O3+. The number of hydrogen-bond donors (Lipinski definition) is 4. The van der Waals surface area contributed by atoms with Crippen LogP contribution in [-0.2, 0) is 9.59 Å². The number of guanidine groups is 1. The van der Waals surface area contributed by atoms with E-state index in [1.165, 1.54) is 12.1 Å².